The molecule has 1 amide bonds. The highest BCUT2D eigenvalue weighted by Crippen LogP contribution is 2.22. The first-order valence-corrected chi connectivity index (χ1v) is 7.79. The smallest absolute Gasteiger partial charge is 0.244 e. The van der Waals surface area contributed by atoms with E-state index in [0.29, 0.717) is 6.04 Å². The molecule has 1 atom stereocenters. The van der Waals surface area contributed by atoms with Crippen LogP contribution in [0.3, 0.4) is 0 Å². The summed E-state index contributed by atoms with van der Waals surface area (Å²) < 4.78 is 0. The maximum atomic E-state index is 12.4. The first kappa shape index (κ1) is 14.5. The SMILES string of the molecule is CCN1CCC(N(C)C(=O)C(N)c2cccs2)CC1. The van der Waals surface area contributed by atoms with Crippen LogP contribution in [-0.2, 0) is 4.79 Å². The van der Waals surface area contributed by atoms with Crippen molar-refractivity contribution < 1.29 is 4.79 Å². The standard InChI is InChI=1S/C14H23N3OS/c1-3-17-8-6-11(7-9-17)16(2)14(18)13(15)12-5-4-10-19-12/h4-5,10-11,13H,3,6-9,15H2,1-2H3. The number of carbonyl (C=O) groups is 1. The Morgan fingerprint density at radius 3 is 2.79 bits per heavy atom. The lowest BCUT2D eigenvalue weighted by molar-refractivity contribution is -0.134. The quantitative estimate of drug-likeness (QED) is 0.913. The van der Waals surface area contributed by atoms with E-state index < -0.39 is 6.04 Å². The Balaban J connectivity index is 1.92. The largest absolute Gasteiger partial charge is 0.341 e. The second kappa shape index (κ2) is 6.50. The molecule has 1 aliphatic rings. The third-order valence-corrected chi connectivity index (χ3v) is 4.97. The van der Waals surface area contributed by atoms with Crippen molar-refractivity contribution in [3.05, 3.63) is 22.4 Å². The van der Waals surface area contributed by atoms with Gasteiger partial charge in [0, 0.05) is 31.1 Å². The van der Waals surface area contributed by atoms with Gasteiger partial charge >= 0.3 is 0 Å². The van der Waals surface area contributed by atoms with E-state index in [1.54, 1.807) is 11.3 Å². The minimum atomic E-state index is -0.505. The number of likely N-dealkylation sites (N-methyl/N-ethyl adjacent to an activating group) is 1. The predicted octanol–water partition coefficient (Wildman–Crippen LogP) is 1.69. The van der Waals surface area contributed by atoms with E-state index in [-0.39, 0.29) is 5.91 Å². The lowest BCUT2D eigenvalue weighted by Crippen LogP contribution is -2.47. The summed E-state index contributed by atoms with van der Waals surface area (Å²) in [6, 6.07) is 3.70. The number of nitrogens with two attached hydrogens (primary N) is 1. The molecule has 0 saturated carbocycles. The van der Waals surface area contributed by atoms with Crippen LogP contribution in [0.5, 0.6) is 0 Å². The van der Waals surface area contributed by atoms with Crippen LogP contribution in [-0.4, -0.2) is 48.4 Å². The molecule has 1 aliphatic heterocycles. The minimum Gasteiger partial charge on any atom is -0.341 e. The fourth-order valence-electron chi connectivity index (χ4n) is 2.61. The summed E-state index contributed by atoms with van der Waals surface area (Å²) in [6.45, 7) is 5.43. The molecule has 1 fully saturated rings. The second-order valence-electron chi connectivity index (χ2n) is 5.11. The molecule has 1 aromatic rings. The number of carbonyl (C=O) groups excluding carboxylic acids is 1. The van der Waals surface area contributed by atoms with Crippen molar-refractivity contribution in [2.24, 2.45) is 5.73 Å². The fraction of sp³-hybridized carbons (Fsp3) is 0.643. The normalized spacial score (nSPS) is 19.3. The van der Waals surface area contributed by atoms with Crippen molar-refractivity contribution in [2.75, 3.05) is 26.7 Å². The molecule has 0 aromatic carbocycles. The topological polar surface area (TPSA) is 49.6 Å². The highest BCUT2D eigenvalue weighted by molar-refractivity contribution is 7.10. The first-order valence-electron chi connectivity index (χ1n) is 6.91. The van der Waals surface area contributed by atoms with E-state index in [4.69, 9.17) is 5.73 Å². The number of nitrogens with zero attached hydrogens (tertiary/aromatic N) is 2. The molecule has 1 saturated heterocycles. The number of likely N-dealkylation sites (tertiary alicyclic amines) is 1. The third-order valence-electron chi connectivity index (χ3n) is 4.02. The lowest BCUT2D eigenvalue weighted by Gasteiger charge is -2.37. The van der Waals surface area contributed by atoms with Gasteiger partial charge in [0.05, 0.1) is 0 Å². The maximum Gasteiger partial charge on any atom is 0.244 e. The second-order valence-corrected chi connectivity index (χ2v) is 6.09. The van der Waals surface area contributed by atoms with Gasteiger partial charge in [-0.2, -0.15) is 0 Å². The minimum absolute atomic E-state index is 0.0393. The molecule has 1 aromatic heterocycles. The zero-order chi connectivity index (χ0) is 13.8. The number of hydrogen-bond acceptors (Lipinski definition) is 4. The van der Waals surface area contributed by atoms with Crippen molar-refractivity contribution in [3.8, 4) is 0 Å². The summed E-state index contributed by atoms with van der Waals surface area (Å²) in [7, 11) is 1.89. The Bertz CT molecular complexity index is 399. The van der Waals surface area contributed by atoms with E-state index in [1.165, 1.54) is 0 Å². The maximum absolute atomic E-state index is 12.4. The predicted molar refractivity (Wildman–Crippen MR) is 79.2 cm³/mol. The van der Waals surface area contributed by atoms with E-state index in [2.05, 4.69) is 11.8 Å². The summed E-state index contributed by atoms with van der Waals surface area (Å²) in [5.41, 5.74) is 6.05. The van der Waals surface area contributed by atoms with Gasteiger partial charge in [0.2, 0.25) is 5.91 Å². The molecule has 2 rings (SSSR count). The Morgan fingerprint density at radius 1 is 1.58 bits per heavy atom. The van der Waals surface area contributed by atoms with Gasteiger partial charge in [0.1, 0.15) is 6.04 Å². The summed E-state index contributed by atoms with van der Waals surface area (Å²) in [4.78, 5) is 17.6. The van der Waals surface area contributed by atoms with Crippen LogP contribution in [0.4, 0.5) is 0 Å². The lowest BCUT2D eigenvalue weighted by atomic mass is 10.0. The van der Waals surface area contributed by atoms with Gasteiger partial charge in [-0.25, -0.2) is 0 Å². The van der Waals surface area contributed by atoms with E-state index >= 15 is 0 Å². The van der Waals surface area contributed by atoms with Gasteiger partial charge in [0.15, 0.2) is 0 Å². The van der Waals surface area contributed by atoms with Crippen LogP contribution in [0, 0.1) is 0 Å². The molecule has 2 N–H and O–H groups in total. The van der Waals surface area contributed by atoms with Gasteiger partial charge in [0.25, 0.3) is 0 Å². The van der Waals surface area contributed by atoms with Gasteiger partial charge in [-0.15, -0.1) is 11.3 Å². The first-order chi connectivity index (χ1) is 9.13. The molecule has 4 nitrogen and oxygen atoms in total. The molecule has 1 unspecified atom stereocenters. The summed E-state index contributed by atoms with van der Waals surface area (Å²) in [6.07, 6.45) is 2.10. The molecule has 0 radical (unpaired) electrons. The summed E-state index contributed by atoms with van der Waals surface area (Å²) >= 11 is 1.55. The number of piperidine rings is 1. The van der Waals surface area contributed by atoms with Crippen molar-refractivity contribution in [2.45, 2.75) is 31.8 Å². The highest BCUT2D eigenvalue weighted by atomic mass is 32.1. The van der Waals surface area contributed by atoms with Crippen molar-refractivity contribution >= 4 is 17.2 Å². The molecular formula is C14H23N3OS. The van der Waals surface area contributed by atoms with Gasteiger partial charge < -0.3 is 15.5 Å². The fourth-order valence-corrected chi connectivity index (χ4v) is 3.33. The van der Waals surface area contributed by atoms with E-state index in [0.717, 1.165) is 37.4 Å². The number of rotatable bonds is 4. The molecule has 2 heterocycles. The van der Waals surface area contributed by atoms with Crippen molar-refractivity contribution in [1.82, 2.24) is 9.80 Å². The molecule has 106 valence electrons. The van der Waals surface area contributed by atoms with Crippen LogP contribution >= 0.6 is 11.3 Å². The molecule has 0 spiro atoms. The van der Waals surface area contributed by atoms with Crippen LogP contribution in [0.1, 0.15) is 30.7 Å². The van der Waals surface area contributed by atoms with Gasteiger partial charge in [-0.1, -0.05) is 13.0 Å². The van der Waals surface area contributed by atoms with E-state index in [1.807, 2.05) is 29.5 Å². The zero-order valence-corrected chi connectivity index (χ0v) is 12.5. The van der Waals surface area contributed by atoms with Crippen molar-refractivity contribution in [1.29, 1.82) is 0 Å². The Labute approximate surface area is 119 Å². The van der Waals surface area contributed by atoms with E-state index in [9.17, 15) is 4.79 Å². The van der Waals surface area contributed by atoms with Crippen LogP contribution in [0.2, 0.25) is 0 Å². The van der Waals surface area contributed by atoms with Crippen molar-refractivity contribution in [3.63, 3.8) is 0 Å². The third kappa shape index (κ3) is 3.35. The number of hydrogen-bond donors (Lipinski definition) is 1. The van der Waals surface area contributed by atoms with Crippen LogP contribution in [0.25, 0.3) is 0 Å². The van der Waals surface area contributed by atoms with Crippen LogP contribution in [0.15, 0.2) is 17.5 Å². The summed E-state index contributed by atoms with van der Waals surface area (Å²) in [5, 5.41) is 1.96. The zero-order valence-electron chi connectivity index (χ0n) is 11.7. The Morgan fingerprint density at radius 2 is 2.26 bits per heavy atom. The van der Waals surface area contributed by atoms with Crippen LogP contribution < -0.4 is 5.73 Å². The number of thiophene rings is 1. The molecule has 5 heteroatoms. The highest BCUT2D eigenvalue weighted by Gasteiger charge is 2.28. The molecular weight excluding hydrogens is 258 g/mol. The number of amides is 1. The Kier molecular flexibility index (Phi) is 4.96. The van der Waals surface area contributed by atoms with Gasteiger partial charge in [-0.3, -0.25) is 4.79 Å². The summed E-state index contributed by atoms with van der Waals surface area (Å²) in [5.74, 6) is 0.0393. The average molecular weight is 281 g/mol. The molecule has 19 heavy (non-hydrogen) atoms. The monoisotopic (exact) mass is 281 g/mol. The molecule has 0 aliphatic carbocycles. The average Bonchev–Trinajstić information content (AvgIpc) is 2.99. The van der Waals surface area contributed by atoms with Gasteiger partial charge in [-0.05, 0) is 30.8 Å². The Hall–Kier alpha value is -0.910. The molecule has 0 bridgehead atoms.